The van der Waals surface area contributed by atoms with Gasteiger partial charge in [-0.2, -0.15) is 5.10 Å². The summed E-state index contributed by atoms with van der Waals surface area (Å²) in [4.78, 5) is 4.11. The molecule has 0 saturated heterocycles. The Morgan fingerprint density at radius 3 is 2.81 bits per heavy atom. The minimum atomic E-state index is -2.55. The Kier molecular flexibility index (Phi) is 1.95. The van der Waals surface area contributed by atoms with Crippen LogP contribution < -0.4 is 0 Å². The second-order valence-corrected chi connectivity index (χ2v) is 4.44. The molecule has 3 rings (SSSR count). The number of alkyl halides is 2. The fourth-order valence-corrected chi connectivity index (χ4v) is 2.11. The number of hydrogen-bond acceptors (Lipinski definition) is 2. The highest BCUT2D eigenvalue weighted by Gasteiger charge is 2.47. The maximum absolute atomic E-state index is 12.8. The molecule has 1 aliphatic rings. The zero-order valence-corrected chi connectivity index (χ0v) is 8.96. The lowest BCUT2D eigenvalue weighted by Crippen LogP contribution is -2.37. The highest BCUT2D eigenvalue weighted by Crippen LogP contribution is 2.45. The molecule has 0 radical (unpaired) electrons. The van der Waals surface area contributed by atoms with Crippen molar-refractivity contribution in [2.45, 2.75) is 24.8 Å². The predicted octanol–water partition coefficient (Wildman–Crippen LogP) is 3.05. The fourth-order valence-electron chi connectivity index (χ4n) is 1.97. The largest absolute Gasteiger partial charge is 0.252 e. The van der Waals surface area contributed by atoms with E-state index in [1.807, 2.05) is 0 Å². The van der Waals surface area contributed by atoms with Crippen LogP contribution >= 0.6 is 11.6 Å². The first kappa shape index (κ1) is 9.96. The number of pyridine rings is 1. The molecular formula is C10H8ClF2N3. The van der Waals surface area contributed by atoms with Crippen molar-refractivity contribution >= 4 is 22.6 Å². The van der Waals surface area contributed by atoms with E-state index in [1.54, 1.807) is 23.0 Å². The van der Waals surface area contributed by atoms with E-state index < -0.39 is 5.92 Å². The maximum Gasteiger partial charge on any atom is 0.252 e. The van der Waals surface area contributed by atoms with Gasteiger partial charge in [0.1, 0.15) is 5.15 Å². The summed E-state index contributed by atoms with van der Waals surface area (Å²) >= 11 is 5.77. The molecule has 84 valence electrons. The van der Waals surface area contributed by atoms with Gasteiger partial charge in [0.25, 0.3) is 5.92 Å². The van der Waals surface area contributed by atoms with Crippen molar-refractivity contribution in [2.24, 2.45) is 0 Å². The average Bonchev–Trinajstić information content (AvgIpc) is 2.56. The minimum absolute atomic E-state index is 0.169. The lowest BCUT2D eigenvalue weighted by molar-refractivity contribution is -0.106. The van der Waals surface area contributed by atoms with E-state index in [2.05, 4.69) is 10.1 Å². The molecule has 0 amide bonds. The number of aromatic nitrogens is 3. The monoisotopic (exact) mass is 243 g/mol. The van der Waals surface area contributed by atoms with Crippen molar-refractivity contribution in [1.82, 2.24) is 14.8 Å². The first-order valence-electron chi connectivity index (χ1n) is 4.93. The standard InChI is InChI=1S/C10H8ClF2N3/c11-8-2-1-6-5-14-16(9(6)15-8)7-3-10(12,13)4-7/h1-2,5,7H,3-4H2. The lowest BCUT2D eigenvalue weighted by atomic mass is 9.88. The Balaban J connectivity index is 2.02. The molecule has 1 fully saturated rings. The number of fused-ring (bicyclic) bond motifs is 1. The number of halogens is 3. The summed E-state index contributed by atoms with van der Waals surface area (Å²) in [5.74, 6) is -2.55. The van der Waals surface area contributed by atoms with Crippen LogP contribution in [0.15, 0.2) is 18.3 Å². The van der Waals surface area contributed by atoms with Gasteiger partial charge in [0.15, 0.2) is 5.65 Å². The van der Waals surface area contributed by atoms with Crippen molar-refractivity contribution < 1.29 is 8.78 Å². The number of nitrogens with zero attached hydrogens (tertiary/aromatic N) is 3. The van der Waals surface area contributed by atoms with E-state index in [9.17, 15) is 8.78 Å². The summed E-state index contributed by atoms with van der Waals surface area (Å²) in [5, 5.41) is 5.25. The van der Waals surface area contributed by atoms with Crippen molar-refractivity contribution in [1.29, 1.82) is 0 Å². The molecule has 16 heavy (non-hydrogen) atoms. The zero-order chi connectivity index (χ0) is 11.3. The normalized spacial score (nSPS) is 19.9. The summed E-state index contributed by atoms with van der Waals surface area (Å²) in [6.45, 7) is 0. The summed E-state index contributed by atoms with van der Waals surface area (Å²) < 4.78 is 27.1. The summed E-state index contributed by atoms with van der Waals surface area (Å²) in [6.07, 6.45) is 1.28. The average molecular weight is 244 g/mol. The Morgan fingerprint density at radius 2 is 2.12 bits per heavy atom. The minimum Gasteiger partial charge on any atom is -0.244 e. The molecule has 0 N–H and O–H groups in total. The van der Waals surface area contributed by atoms with Crippen molar-refractivity contribution in [3.05, 3.63) is 23.5 Å². The Hall–Kier alpha value is -1.23. The Morgan fingerprint density at radius 1 is 1.38 bits per heavy atom. The van der Waals surface area contributed by atoms with E-state index in [0.717, 1.165) is 5.39 Å². The van der Waals surface area contributed by atoms with Gasteiger partial charge in [-0.1, -0.05) is 11.6 Å². The van der Waals surface area contributed by atoms with Crippen LogP contribution in [0.5, 0.6) is 0 Å². The number of hydrogen-bond donors (Lipinski definition) is 0. The molecule has 1 saturated carbocycles. The first-order valence-corrected chi connectivity index (χ1v) is 5.31. The Bertz CT molecular complexity index is 544. The molecule has 0 aliphatic heterocycles. The molecule has 3 nitrogen and oxygen atoms in total. The van der Waals surface area contributed by atoms with Gasteiger partial charge in [0.2, 0.25) is 0 Å². The van der Waals surface area contributed by atoms with Gasteiger partial charge >= 0.3 is 0 Å². The van der Waals surface area contributed by atoms with Crippen LogP contribution in [-0.2, 0) is 0 Å². The van der Waals surface area contributed by atoms with E-state index in [0.29, 0.717) is 10.8 Å². The maximum atomic E-state index is 12.8. The van der Waals surface area contributed by atoms with Crippen molar-refractivity contribution in [3.63, 3.8) is 0 Å². The molecule has 0 spiro atoms. The summed E-state index contributed by atoms with van der Waals surface area (Å²) in [7, 11) is 0. The van der Waals surface area contributed by atoms with Crippen LogP contribution in [0.4, 0.5) is 8.78 Å². The molecular weight excluding hydrogens is 236 g/mol. The van der Waals surface area contributed by atoms with Gasteiger partial charge in [-0.05, 0) is 12.1 Å². The summed E-state index contributed by atoms with van der Waals surface area (Å²) in [6, 6.07) is 3.18. The van der Waals surface area contributed by atoms with Gasteiger partial charge < -0.3 is 0 Å². The van der Waals surface area contributed by atoms with Crippen LogP contribution in [0.2, 0.25) is 5.15 Å². The quantitative estimate of drug-likeness (QED) is 0.721. The highest BCUT2D eigenvalue weighted by molar-refractivity contribution is 6.29. The molecule has 2 aromatic heterocycles. The van der Waals surface area contributed by atoms with E-state index >= 15 is 0 Å². The third-order valence-electron chi connectivity index (χ3n) is 2.82. The Labute approximate surface area is 95.0 Å². The van der Waals surface area contributed by atoms with E-state index in [1.165, 1.54) is 0 Å². The molecule has 0 bridgehead atoms. The van der Waals surface area contributed by atoms with Crippen LogP contribution in [0.1, 0.15) is 18.9 Å². The van der Waals surface area contributed by atoms with Crippen LogP contribution in [-0.4, -0.2) is 20.7 Å². The second-order valence-electron chi connectivity index (χ2n) is 4.05. The van der Waals surface area contributed by atoms with Crippen LogP contribution in [0.3, 0.4) is 0 Å². The molecule has 0 atom stereocenters. The second kappa shape index (κ2) is 3.13. The number of rotatable bonds is 1. The molecule has 0 aromatic carbocycles. The van der Waals surface area contributed by atoms with Crippen molar-refractivity contribution in [3.8, 4) is 0 Å². The third kappa shape index (κ3) is 1.46. The fraction of sp³-hybridized carbons (Fsp3) is 0.400. The van der Waals surface area contributed by atoms with Gasteiger partial charge in [-0.15, -0.1) is 0 Å². The van der Waals surface area contributed by atoms with Crippen molar-refractivity contribution in [2.75, 3.05) is 0 Å². The molecule has 1 aliphatic carbocycles. The molecule has 2 heterocycles. The molecule has 0 unspecified atom stereocenters. The highest BCUT2D eigenvalue weighted by atomic mass is 35.5. The van der Waals surface area contributed by atoms with Crippen LogP contribution in [0, 0.1) is 0 Å². The SMILES string of the molecule is FC1(F)CC(n2ncc3ccc(Cl)nc32)C1. The van der Waals surface area contributed by atoms with Gasteiger partial charge in [0, 0.05) is 18.2 Å². The smallest absolute Gasteiger partial charge is 0.244 e. The first-order chi connectivity index (χ1) is 7.55. The molecule has 6 heteroatoms. The zero-order valence-electron chi connectivity index (χ0n) is 8.20. The van der Waals surface area contributed by atoms with Crippen LogP contribution in [0.25, 0.3) is 11.0 Å². The van der Waals surface area contributed by atoms with E-state index in [4.69, 9.17) is 11.6 Å². The lowest BCUT2D eigenvalue weighted by Gasteiger charge is -2.34. The van der Waals surface area contributed by atoms with Gasteiger partial charge in [-0.25, -0.2) is 18.4 Å². The van der Waals surface area contributed by atoms with Gasteiger partial charge in [-0.3, -0.25) is 0 Å². The topological polar surface area (TPSA) is 30.7 Å². The van der Waals surface area contributed by atoms with Gasteiger partial charge in [0.05, 0.1) is 12.2 Å². The summed E-state index contributed by atoms with van der Waals surface area (Å²) in [5.41, 5.74) is 0.577. The van der Waals surface area contributed by atoms with E-state index in [-0.39, 0.29) is 18.9 Å². The molecule has 2 aromatic rings. The predicted molar refractivity (Wildman–Crippen MR) is 55.8 cm³/mol. The third-order valence-corrected chi connectivity index (χ3v) is 3.03.